The molecule has 3 rings (SSSR count). The third kappa shape index (κ3) is 5.02. The van der Waals surface area contributed by atoms with E-state index in [2.05, 4.69) is 10.4 Å². The number of hydrogen-bond acceptors (Lipinski definition) is 8. The number of carbonyl (C=O) groups is 3. The summed E-state index contributed by atoms with van der Waals surface area (Å²) in [7, 11) is 0. The minimum absolute atomic E-state index is 0.0220. The van der Waals surface area contributed by atoms with Gasteiger partial charge in [-0.25, -0.2) is 4.79 Å². The zero-order valence-electron chi connectivity index (χ0n) is 18.0. The number of esters is 2. The van der Waals surface area contributed by atoms with Crippen molar-refractivity contribution in [2.75, 3.05) is 18.5 Å². The maximum atomic E-state index is 13.3. The molecule has 0 spiro atoms. The van der Waals surface area contributed by atoms with Gasteiger partial charge in [0.15, 0.2) is 5.69 Å². The number of nitrogens with zero attached hydrogens (tertiary/aromatic N) is 2. The van der Waals surface area contributed by atoms with E-state index < -0.39 is 23.4 Å². The van der Waals surface area contributed by atoms with Gasteiger partial charge >= 0.3 is 11.9 Å². The Morgan fingerprint density at radius 3 is 2.56 bits per heavy atom. The van der Waals surface area contributed by atoms with Crippen molar-refractivity contribution >= 4 is 45.0 Å². The topological polar surface area (TPSA) is 117 Å². The zero-order chi connectivity index (χ0) is 23.3. The number of amides is 1. The van der Waals surface area contributed by atoms with E-state index in [0.29, 0.717) is 11.1 Å². The average molecular weight is 458 g/mol. The van der Waals surface area contributed by atoms with Crippen LogP contribution >= 0.6 is 11.3 Å². The molecule has 10 heteroatoms. The zero-order valence-corrected chi connectivity index (χ0v) is 18.8. The van der Waals surface area contributed by atoms with E-state index in [1.807, 2.05) is 13.0 Å². The molecule has 0 aliphatic heterocycles. The number of hydrogen-bond donors (Lipinski definition) is 1. The number of ether oxygens (including phenoxy) is 2. The quantitative estimate of drug-likeness (QED) is 0.516. The molecule has 0 atom stereocenters. The second kappa shape index (κ2) is 10.2. The Morgan fingerprint density at radius 1 is 1.12 bits per heavy atom. The highest BCUT2D eigenvalue weighted by Gasteiger charge is 2.23. The summed E-state index contributed by atoms with van der Waals surface area (Å²) in [5, 5.41) is 9.23. The van der Waals surface area contributed by atoms with E-state index in [1.54, 1.807) is 37.4 Å². The predicted molar refractivity (Wildman–Crippen MR) is 120 cm³/mol. The Bertz CT molecular complexity index is 1230. The number of aryl methyl sites for hydroxylation is 1. The van der Waals surface area contributed by atoms with Crippen molar-refractivity contribution in [1.82, 2.24) is 9.78 Å². The van der Waals surface area contributed by atoms with Crippen molar-refractivity contribution < 1.29 is 23.9 Å². The molecule has 32 heavy (non-hydrogen) atoms. The van der Waals surface area contributed by atoms with E-state index in [1.165, 1.54) is 0 Å². The molecule has 168 valence electrons. The molecular weight excluding hydrogens is 434 g/mol. The first-order valence-electron chi connectivity index (χ1n) is 10.1. The number of rotatable bonds is 8. The van der Waals surface area contributed by atoms with Crippen LogP contribution in [0.4, 0.5) is 5.00 Å². The molecule has 0 saturated heterocycles. The van der Waals surface area contributed by atoms with Crippen LogP contribution in [0.1, 0.15) is 42.7 Å². The number of carbonyl (C=O) groups excluding carboxylic acids is 3. The number of nitrogens with one attached hydrogen (secondary N) is 1. The van der Waals surface area contributed by atoms with Gasteiger partial charge in [-0.1, -0.05) is 12.1 Å². The lowest BCUT2D eigenvalue weighted by atomic mass is 10.2. The van der Waals surface area contributed by atoms with Crippen molar-refractivity contribution in [3.8, 4) is 5.69 Å². The van der Waals surface area contributed by atoms with Gasteiger partial charge in [0.1, 0.15) is 5.00 Å². The van der Waals surface area contributed by atoms with Gasteiger partial charge in [-0.05, 0) is 38.5 Å². The van der Waals surface area contributed by atoms with Gasteiger partial charge in [0.05, 0.1) is 30.7 Å². The molecular formula is C22H23N3O6S. The standard InChI is InChI=1S/C22H23N3O6S/c1-4-30-17(27)10-9-16(26)23-20-18-15(12-32-20)19(22(29)31-5-2)24-25(21(18)28)14-8-6-7-13(3)11-14/h6-8,11-12H,4-5,9-10H2,1-3H3,(H,23,26). The van der Waals surface area contributed by atoms with Crippen molar-refractivity contribution in [2.24, 2.45) is 0 Å². The van der Waals surface area contributed by atoms with E-state index in [0.717, 1.165) is 21.6 Å². The molecule has 1 amide bonds. The Balaban J connectivity index is 2.06. The van der Waals surface area contributed by atoms with Gasteiger partial charge in [-0.3, -0.25) is 14.4 Å². The number of fused-ring (bicyclic) bond motifs is 1. The summed E-state index contributed by atoms with van der Waals surface area (Å²) < 4.78 is 11.1. The van der Waals surface area contributed by atoms with E-state index in [-0.39, 0.29) is 42.1 Å². The van der Waals surface area contributed by atoms with Crippen LogP contribution in [0.3, 0.4) is 0 Å². The SMILES string of the molecule is CCOC(=O)CCC(=O)Nc1scc2c(C(=O)OCC)nn(-c3cccc(C)c3)c(=O)c12. The smallest absolute Gasteiger partial charge is 0.359 e. The maximum Gasteiger partial charge on any atom is 0.359 e. The molecule has 0 aliphatic carbocycles. The summed E-state index contributed by atoms with van der Waals surface area (Å²) in [5.41, 5.74) is 0.881. The molecule has 2 heterocycles. The molecule has 0 saturated carbocycles. The van der Waals surface area contributed by atoms with Crippen LogP contribution in [0, 0.1) is 6.92 Å². The minimum atomic E-state index is -0.670. The molecule has 3 aromatic rings. The van der Waals surface area contributed by atoms with Crippen LogP contribution in [0.2, 0.25) is 0 Å². The maximum absolute atomic E-state index is 13.3. The van der Waals surface area contributed by atoms with E-state index >= 15 is 0 Å². The van der Waals surface area contributed by atoms with Crippen LogP contribution in [-0.2, 0) is 19.1 Å². The second-order valence-corrected chi connectivity index (χ2v) is 7.71. The van der Waals surface area contributed by atoms with Crippen LogP contribution in [-0.4, -0.2) is 40.8 Å². The number of thiophene rings is 1. The number of anilines is 1. The van der Waals surface area contributed by atoms with Crippen molar-refractivity contribution in [1.29, 1.82) is 0 Å². The summed E-state index contributed by atoms with van der Waals surface area (Å²) in [6.07, 6.45) is -0.174. The number of benzene rings is 1. The summed E-state index contributed by atoms with van der Waals surface area (Å²) in [6, 6.07) is 7.11. The third-order valence-corrected chi connectivity index (χ3v) is 5.38. The molecule has 0 aliphatic rings. The van der Waals surface area contributed by atoms with Gasteiger partial charge in [0.25, 0.3) is 5.56 Å². The molecule has 0 fully saturated rings. The van der Waals surface area contributed by atoms with Gasteiger partial charge in [-0.2, -0.15) is 9.78 Å². The van der Waals surface area contributed by atoms with E-state index in [9.17, 15) is 19.2 Å². The van der Waals surface area contributed by atoms with Crippen LogP contribution in [0.5, 0.6) is 0 Å². The first-order chi connectivity index (χ1) is 15.3. The Hall–Kier alpha value is -3.53. The molecule has 2 aromatic heterocycles. The van der Waals surface area contributed by atoms with E-state index in [4.69, 9.17) is 9.47 Å². The highest BCUT2D eigenvalue weighted by atomic mass is 32.1. The van der Waals surface area contributed by atoms with Crippen molar-refractivity contribution in [2.45, 2.75) is 33.6 Å². The summed E-state index contributed by atoms with van der Waals surface area (Å²) in [4.78, 5) is 49.8. The molecule has 9 nitrogen and oxygen atoms in total. The highest BCUT2D eigenvalue weighted by Crippen LogP contribution is 2.31. The summed E-state index contributed by atoms with van der Waals surface area (Å²) >= 11 is 1.10. The van der Waals surface area contributed by atoms with Crippen molar-refractivity contribution in [3.05, 3.63) is 51.3 Å². The Labute approximate surface area is 188 Å². The van der Waals surface area contributed by atoms with Gasteiger partial charge in [-0.15, -0.1) is 11.3 Å². The monoisotopic (exact) mass is 457 g/mol. The van der Waals surface area contributed by atoms with Crippen LogP contribution in [0.15, 0.2) is 34.4 Å². The molecule has 0 radical (unpaired) electrons. The molecule has 0 unspecified atom stereocenters. The van der Waals surface area contributed by atoms with Gasteiger partial charge in [0, 0.05) is 17.2 Å². The van der Waals surface area contributed by atoms with Gasteiger partial charge < -0.3 is 14.8 Å². The first kappa shape index (κ1) is 23.1. The lowest BCUT2D eigenvalue weighted by Crippen LogP contribution is -2.25. The highest BCUT2D eigenvalue weighted by molar-refractivity contribution is 7.16. The first-order valence-corrected chi connectivity index (χ1v) is 11.0. The largest absolute Gasteiger partial charge is 0.466 e. The fourth-order valence-corrected chi connectivity index (χ4v) is 4.02. The minimum Gasteiger partial charge on any atom is -0.466 e. The van der Waals surface area contributed by atoms with Crippen LogP contribution in [0.25, 0.3) is 16.5 Å². The molecule has 1 aromatic carbocycles. The normalized spacial score (nSPS) is 10.7. The lowest BCUT2D eigenvalue weighted by Gasteiger charge is -2.10. The fourth-order valence-electron chi connectivity index (χ4n) is 3.06. The van der Waals surface area contributed by atoms with Gasteiger partial charge in [0.2, 0.25) is 5.91 Å². The molecule has 1 N–H and O–H groups in total. The molecule has 0 bridgehead atoms. The lowest BCUT2D eigenvalue weighted by molar-refractivity contribution is -0.144. The fraction of sp³-hybridized carbons (Fsp3) is 0.318. The van der Waals surface area contributed by atoms with Crippen molar-refractivity contribution in [3.63, 3.8) is 0 Å². The second-order valence-electron chi connectivity index (χ2n) is 6.83. The average Bonchev–Trinajstić information content (AvgIpc) is 3.17. The Morgan fingerprint density at radius 2 is 1.88 bits per heavy atom. The summed E-state index contributed by atoms with van der Waals surface area (Å²) in [5.74, 6) is -1.59. The third-order valence-electron chi connectivity index (χ3n) is 4.48. The van der Waals surface area contributed by atoms with Crippen LogP contribution < -0.4 is 10.9 Å². The predicted octanol–water partition coefficient (Wildman–Crippen LogP) is 3.21. The summed E-state index contributed by atoms with van der Waals surface area (Å²) in [6.45, 7) is 5.61. The number of aromatic nitrogens is 2. The Kier molecular flexibility index (Phi) is 7.37.